The van der Waals surface area contributed by atoms with E-state index < -0.39 is 32.3 Å². The number of fused-ring (bicyclic) bond motifs is 1. The molecular weight excluding hydrogens is 513 g/mol. The van der Waals surface area contributed by atoms with Crippen molar-refractivity contribution in [3.05, 3.63) is 54.1 Å². The molecule has 0 amide bonds. The van der Waals surface area contributed by atoms with Crippen molar-refractivity contribution in [1.29, 1.82) is 0 Å². The van der Waals surface area contributed by atoms with Crippen LogP contribution in [-0.4, -0.2) is 44.3 Å². The number of carbonyl (C=O) groups is 1. The van der Waals surface area contributed by atoms with Crippen LogP contribution < -0.4 is 4.74 Å². The number of halogens is 3. The molecule has 0 spiro atoms. The second kappa shape index (κ2) is 12.4. The van der Waals surface area contributed by atoms with E-state index in [0.29, 0.717) is 19.3 Å². The van der Waals surface area contributed by atoms with Crippen molar-refractivity contribution in [1.82, 2.24) is 0 Å². The number of aliphatic hydroxyl groups is 1. The van der Waals surface area contributed by atoms with Crippen LogP contribution in [0.1, 0.15) is 58.4 Å². The van der Waals surface area contributed by atoms with E-state index in [1.165, 1.54) is 12.1 Å². The van der Waals surface area contributed by atoms with Gasteiger partial charge in [0.2, 0.25) is 0 Å². The molecule has 1 saturated carbocycles. The molecule has 2 aliphatic rings. The maximum Gasteiger partial charge on any atom is 0.416 e. The molecule has 5 nitrogen and oxygen atoms in total. The molecule has 1 aromatic rings. The minimum absolute atomic E-state index is 0.0239. The van der Waals surface area contributed by atoms with Gasteiger partial charge < -0.3 is 19.0 Å². The van der Waals surface area contributed by atoms with Gasteiger partial charge in [0.05, 0.1) is 17.8 Å². The van der Waals surface area contributed by atoms with Gasteiger partial charge in [-0.2, -0.15) is 13.2 Å². The number of carbonyl (C=O) groups excluding carboxylic acids is 1. The van der Waals surface area contributed by atoms with Gasteiger partial charge in [-0.3, -0.25) is 4.79 Å². The van der Waals surface area contributed by atoms with Gasteiger partial charge in [-0.15, -0.1) is 0 Å². The van der Waals surface area contributed by atoms with E-state index >= 15 is 0 Å². The van der Waals surface area contributed by atoms with Crippen LogP contribution in [0.4, 0.5) is 13.2 Å². The first-order valence-corrected chi connectivity index (χ1v) is 16.3. The van der Waals surface area contributed by atoms with Crippen molar-refractivity contribution < 1.29 is 37.0 Å². The fourth-order valence-corrected chi connectivity index (χ4v) is 5.92. The molecule has 0 radical (unpaired) electrons. The summed E-state index contributed by atoms with van der Waals surface area (Å²) in [6.45, 7) is 10.6. The minimum Gasteiger partial charge on any atom is -0.491 e. The Labute approximate surface area is 225 Å². The number of allylic oxidation sites excluding steroid dienone is 2. The lowest BCUT2D eigenvalue weighted by atomic mass is 9.89. The first-order valence-electron chi connectivity index (χ1n) is 13.4. The average molecular weight is 555 g/mol. The number of benzene rings is 1. The normalized spacial score (nSPS) is 27.0. The summed E-state index contributed by atoms with van der Waals surface area (Å²) < 4.78 is 57.6. The minimum atomic E-state index is -4.46. The molecule has 1 aliphatic heterocycles. The van der Waals surface area contributed by atoms with E-state index in [9.17, 15) is 23.1 Å². The van der Waals surface area contributed by atoms with Crippen molar-refractivity contribution in [3.63, 3.8) is 0 Å². The van der Waals surface area contributed by atoms with Crippen molar-refractivity contribution >= 4 is 14.3 Å². The highest BCUT2D eigenvalue weighted by Gasteiger charge is 2.43. The summed E-state index contributed by atoms with van der Waals surface area (Å²) in [4.78, 5) is 12.2. The van der Waals surface area contributed by atoms with Crippen molar-refractivity contribution in [2.75, 3.05) is 6.61 Å². The molecular formula is C29H41F3O5Si. The number of hydrogen-bond acceptors (Lipinski definition) is 5. The number of esters is 1. The number of rotatable bonds is 7. The van der Waals surface area contributed by atoms with E-state index in [0.717, 1.165) is 25.0 Å². The lowest BCUT2D eigenvalue weighted by Gasteiger charge is -2.38. The predicted octanol–water partition coefficient (Wildman–Crippen LogP) is 7.07. The summed E-state index contributed by atoms with van der Waals surface area (Å²) in [5.41, 5.74) is -0.772. The highest BCUT2D eigenvalue weighted by Crippen LogP contribution is 2.40. The van der Waals surface area contributed by atoms with Crippen molar-refractivity contribution in [2.24, 2.45) is 11.8 Å². The van der Waals surface area contributed by atoms with Gasteiger partial charge in [-0.05, 0) is 55.6 Å². The second-order valence-corrected chi connectivity index (χ2v) is 16.6. The van der Waals surface area contributed by atoms with Gasteiger partial charge in [0.25, 0.3) is 0 Å². The maximum atomic E-state index is 13.2. The molecule has 1 N–H and O–H groups in total. The monoisotopic (exact) mass is 554 g/mol. The summed E-state index contributed by atoms with van der Waals surface area (Å²) >= 11 is 0. The van der Waals surface area contributed by atoms with Gasteiger partial charge in [0.1, 0.15) is 18.5 Å². The van der Waals surface area contributed by atoms with Crippen LogP contribution in [-0.2, 0) is 20.1 Å². The van der Waals surface area contributed by atoms with Gasteiger partial charge in [-0.1, -0.05) is 51.1 Å². The fourth-order valence-electron chi connectivity index (χ4n) is 4.66. The largest absolute Gasteiger partial charge is 0.491 e. The van der Waals surface area contributed by atoms with Gasteiger partial charge >= 0.3 is 12.1 Å². The SMILES string of the molecule is CC(C)(C)[Si](C)(C)O[C@H](/C=C/[C@@H]1[C@H]2C/C=C\CCCC(=O)O[C@H]2C[C@H]1O)COc1cccc(C(F)(F)F)c1. The topological polar surface area (TPSA) is 65.0 Å². The van der Waals surface area contributed by atoms with Crippen LogP contribution >= 0.6 is 0 Å². The average Bonchev–Trinajstić information content (AvgIpc) is 3.10. The van der Waals surface area contributed by atoms with Gasteiger partial charge in [-0.25, -0.2) is 0 Å². The number of ether oxygens (including phenoxy) is 2. The zero-order chi connectivity index (χ0) is 28.1. The Kier molecular flexibility index (Phi) is 9.92. The molecule has 1 aliphatic carbocycles. The van der Waals surface area contributed by atoms with Crippen LogP contribution in [0.15, 0.2) is 48.6 Å². The Morgan fingerprint density at radius 3 is 2.63 bits per heavy atom. The van der Waals surface area contributed by atoms with Crippen molar-refractivity contribution in [2.45, 2.75) is 95.5 Å². The quantitative estimate of drug-likeness (QED) is 0.222. The standard InChI is InChI=1S/C29H41F3O5Si/c1-28(2,3)38(4,5)37-22(19-35-21-12-10-11-20(17-21)29(30,31)32)15-16-23-24-13-8-6-7-9-14-27(34)36-26(24)18-25(23)33/h6,8,10-12,15-17,22-26,33H,7,9,13-14,18-19H2,1-5H3/b8-6-,16-15+/t22-,23-,24-,25-,26+/m1/s1. The summed E-state index contributed by atoms with van der Waals surface area (Å²) in [5.74, 6) is -0.448. The van der Waals surface area contributed by atoms with Gasteiger partial charge in [0, 0.05) is 24.7 Å². The Balaban J connectivity index is 1.81. The zero-order valence-electron chi connectivity index (χ0n) is 23.0. The van der Waals surface area contributed by atoms with Crippen molar-refractivity contribution in [3.8, 4) is 5.75 Å². The molecule has 1 fully saturated rings. The second-order valence-electron chi connectivity index (χ2n) is 11.8. The summed E-state index contributed by atoms with van der Waals surface area (Å²) in [5, 5.41) is 10.8. The lowest BCUT2D eigenvalue weighted by molar-refractivity contribution is -0.151. The lowest BCUT2D eigenvalue weighted by Crippen LogP contribution is -2.45. The van der Waals surface area contributed by atoms with Crippen LogP contribution in [0, 0.1) is 11.8 Å². The Bertz CT molecular complexity index is 999. The molecule has 0 aromatic heterocycles. The Morgan fingerprint density at radius 1 is 1.21 bits per heavy atom. The molecule has 5 atom stereocenters. The number of alkyl halides is 3. The highest BCUT2D eigenvalue weighted by atomic mass is 28.4. The molecule has 0 saturated heterocycles. The van der Waals surface area contributed by atoms with Crippen LogP contribution in [0.5, 0.6) is 5.75 Å². The smallest absolute Gasteiger partial charge is 0.416 e. The van der Waals surface area contributed by atoms with E-state index in [1.807, 2.05) is 12.2 Å². The summed E-state index contributed by atoms with van der Waals surface area (Å²) in [7, 11) is -2.27. The zero-order valence-corrected chi connectivity index (χ0v) is 24.0. The third kappa shape index (κ3) is 8.20. The number of hydrogen-bond donors (Lipinski definition) is 1. The highest BCUT2D eigenvalue weighted by molar-refractivity contribution is 6.74. The molecule has 1 aromatic carbocycles. The number of aliphatic hydroxyl groups excluding tert-OH is 1. The van der Waals surface area contributed by atoms with Crippen LogP contribution in [0.3, 0.4) is 0 Å². The fraction of sp³-hybridized carbons (Fsp3) is 0.621. The Hall–Kier alpha value is -2.10. The molecule has 9 heteroatoms. The van der Waals surface area contributed by atoms with Gasteiger partial charge in [0.15, 0.2) is 8.32 Å². The third-order valence-electron chi connectivity index (χ3n) is 7.88. The first kappa shape index (κ1) is 30.4. The maximum absolute atomic E-state index is 13.2. The molecule has 0 bridgehead atoms. The molecule has 212 valence electrons. The summed E-state index contributed by atoms with van der Waals surface area (Å²) in [6, 6.07) is 4.81. The van der Waals surface area contributed by atoms with E-state index in [4.69, 9.17) is 13.9 Å². The molecule has 1 heterocycles. The van der Waals surface area contributed by atoms with E-state index in [2.05, 4.69) is 46.0 Å². The Morgan fingerprint density at radius 2 is 1.95 bits per heavy atom. The summed E-state index contributed by atoms with van der Waals surface area (Å²) in [6.07, 6.45) is 4.87. The van der Waals surface area contributed by atoms with E-state index in [1.54, 1.807) is 0 Å². The van der Waals surface area contributed by atoms with Crippen LogP contribution in [0.25, 0.3) is 0 Å². The predicted molar refractivity (Wildman–Crippen MR) is 143 cm³/mol. The first-order chi connectivity index (χ1) is 17.7. The third-order valence-corrected chi connectivity index (χ3v) is 12.4. The molecule has 0 unspecified atom stereocenters. The van der Waals surface area contributed by atoms with E-state index in [-0.39, 0.29) is 41.3 Å². The molecule has 38 heavy (non-hydrogen) atoms. The molecule has 3 rings (SSSR count). The van der Waals surface area contributed by atoms with Crippen LogP contribution in [0.2, 0.25) is 18.1 Å².